The van der Waals surface area contributed by atoms with Gasteiger partial charge in [0.1, 0.15) is 28.8 Å². The van der Waals surface area contributed by atoms with Crippen molar-refractivity contribution < 1.29 is 18.7 Å². The lowest BCUT2D eigenvalue weighted by Crippen LogP contribution is -2.42. The first-order valence-electron chi connectivity index (χ1n) is 16.5. The van der Waals surface area contributed by atoms with Gasteiger partial charge in [-0.2, -0.15) is 0 Å². The minimum absolute atomic E-state index is 0.128. The lowest BCUT2D eigenvalue weighted by Gasteiger charge is -2.37. The molecule has 2 N–H and O–H groups in total. The summed E-state index contributed by atoms with van der Waals surface area (Å²) in [7, 11) is -1.31. The van der Waals surface area contributed by atoms with Crippen molar-refractivity contribution in [3.8, 4) is 11.4 Å². The van der Waals surface area contributed by atoms with Gasteiger partial charge in [-0.15, -0.1) is 0 Å². The van der Waals surface area contributed by atoms with Crippen molar-refractivity contribution in [2.45, 2.75) is 110 Å². The Bertz CT molecular complexity index is 1290. The Balaban J connectivity index is 1.74. The number of rotatable bonds is 17. The molecule has 0 radical (unpaired) electrons. The van der Waals surface area contributed by atoms with Gasteiger partial charge in [0.25, 0.3) is 0 Å². The maximum atomic E-state index is 13.9. The topological polar surface area (TPSA) is 90.5 Å². The Labute approximate surface area is 272 Å². The lowest BCUT2D eigenvalue weighted by molar-refractivity contribution is -0.126. The highest BCUT2D eigenvalue weighted by Crippen LogP contribution is 2.75. The van der Waals surface area contributed by atoms with Gasteiger partial charge in [0.2, 0.25) is 5.91 Å². The maximum Gasteiger partial charge on any atom is 0.224 e. The van der Waals surface area contributed by atoms with Gasteiger partial charge in [-0.05, 0) is 103 Å². The van der Waals surface area contributed by atoms with Gasteiger partial charge >= 0.3 is 0 Å². The van der Waals surface area contributed by atoms with Gasteiger partial charge in [-0.3, -0.25) is 9.59 Å². The number of imidazole rings is 1. The molecule has 1 amide bonds. The van der Waals surface area contributed by atoms with E-state index in [9.17, 15) is 14.0 Å². The highest BCUT2D eigenvalue weighted by Gasteiger charge is 2.74. The summed E-state index contributed by atoms with van der Waals surface area (Å²) in [5.74, 6) is 0.290. The van der Waals surface area contributed by atoms with Crippen LogP contribution in [-0.2, 0) is 21.1 Å². The number of hydrogen-bond donors (Lipinski definition) is 1. The monoisotopic (exact) mass is 690 g/mol. The first-order chi connectivity index (χ1) is 20.9. The van der Waals surface area contributed by atoms with Gasteiger partial charge in [0.15, 0.2) is 0 Å². The van der Waals surface area contributed by atoms with Crippen LogP contribution >= 0.6 is 15.9 Å². The summed E-state index contributed by atoms with van der Waals surface area (Å²) in [5.41, 5.74) is 7.35. The van der Waals surface area contributed by atoms with Crippen LogP contribution < -0.4 is 5.73 Å². The highest BCUT2D eigenvalue weighted by molar-refractivity contribution is 9.10. The third-order valence-corrected chi connectivity index (χ3v) is 12.5. The summed E-state index contributed by atoms with van der Waals surface area (Å²) < 4.78 is 23.0. The number of likely N-dealkylation sites (tertiary alicyclic amines) is 1. The molecule has 1 aliphatic carbocycles. The van der Waals surface area contributed by atoms with Gasteiger partial charge in [0, 0.05) is 39.0 Å². The molecule has 0 bridgehead atoms. The molecular weight excluding hydrogens is 639 g/mol. The quantitative estimate of drug-likeness (QED) is 0.135. The minimum Gasteiger partial charge on any atom is -0.369 e. The third-order valence-electron chi connectivity index (χ3n) is 10.2. The van der Waals surface area contributed by atoms with Crippen LogP contribution in [0.2, 0.25) is 25.7 Å². The zero-order valence-electron chi connectivity index (χ0n) is 27.4. The van der Waals surface area contributed by atoms with E-state index >= 15 is 0 Å². The number of unbranched alkanes of at least 4 members (excludes halogenated alkanes) is 2. The largest absolute Gasteiger partial charge is 0.369 e. The maximum absolute atomic E-state index is 13.9. The van der Waals surface area contributed by atoms with Crippen LogP contribution in [0.5, 0.6) is 0 Å². The highest BCUT2D eigenvalue weighted by atomic mass is 79.9. The molecule has 1 saturated heterocycles. The van der Waals surface area contributed by atoms with E-state index in [1.807, 2.05) is 6.92 Å². The van der Waals surface area contributed by atoms with E-state index in [-0.39, 0.29) is 29.8 Å². The molecule has 2 aliphatic rings. The molecule has 1 aromatic carbocycles. The van der Waals surface area contributed by atoms with Gasteiger partial charge in [0.05, 0.1) is 11.1 Å². The van der Waals surface area contributed by atoms with E-state index in [1.54, 1.807) is 12.1 Å². The molecule has 44 heavy (non-hydrogen) atoms. The van der Waals surface area contributed by atoms with Crippen LogP contribution in [0, 0.1) is 16.6 Å². The van der Waals surface area contributed by atoms with Crippen molar-refractivity contribution in [1.29, 1.82) is 0 Å². The number of hydrogen-bond acceptors (Lipinski definition) is 5. The van der Waals surface area contributed by atoms with Crippen LogP contribution in [0.3, 0.4) is 0 Å². The molecule has 2 aromatic rings. The van der Waals surface area contributed by atoms with Crippen LogP contribution in [0.4, 0.5) is 4.39 Å². The van der Waals surface area contributed by atoms with Crippen LogP contribution in [0.15, 0.2) is 28.9 Å². The number of halogens is 2. The summed E-state index contributed by atoms with van der Waals surface area (Å²) >= 11 is 3.82. The first kappa shape index (κ1) is 35.0. The Morgan fingerprint density at radius 1 is 1.11 bits per heavy atom. The Kier molecular flexibility index (Phi) is 11.7. The minimum atomic E-state index is -1.31. The zero-order chi connectivity index (χ0) is 32.1. The predicted molar refractivity (Wildman–Crippen MR) is 181 cm³/mol. The fourth-order valence-corrected chi connectivity index (χ4v) is 8.73. The zero-order valence-corrected chi connectivity index (χ0v) is 30.0. The number of ether oxygens (including phenoxy) is 1. The summed E-state index contributed by atoms with van der Waals surface area (Å²) in [6.07, 6.45) is 7.27. The Morgan fingerprint density at radius 3 is 2.39 bits per heavy atom. The number of nitrogens with zero attached hydrogens (tertiary/aromatic N) is 3. The number of benzene rings is 1. The number of ketones is 1. The SMILES string of the molecule is CCC(=O)CCCCC[C@H](c1c(Br)nc(-c2ccc(F)cc2)n1COCC[Si](C)(C)C)C1(C(N)=O)CC12CCN(CC)CC2. The smallest absolute Gasteiger partial charge is 0.224 e. The molecule has 1 saturated carbocycles. The van der Waals surface area contributed by atoms with Gasteiger partial charge in [-0.25, -0.2) is 9.37 Å². The fourth-order valence-electron chi connectivity index (χ4n) is 7.32. The van der Waals surface area contributed by atoms with E-state index in [1.165, 1.54) is 12.1 Å². The second-order valence-corrected chi connectivity index (χ2v) is 20.5. The summed E-state index contributed by atoms with van der Waals surface area (Å²) in [4.78, 5) is 33.1. The summed E-state index contributed by atoms with van der Waals surface area (Å²) in [6.45, 7) is 15.0. The Morgan fingerprint density at radius 2 is 1.80 bits per heavy atom. The fraction of sp³-hybridized carbons (Fsp3) is 0.676. The molecule has 4 rings (SSSR count). The average molecular weight is 692 g/mol. The van der Waals surface area contributed by atoms with Crippen LogP contribution in [-0.4, -0.2) is 60.5 Å². The molecule has 1 aromatic heterocycles. The number of aromatic nitrogens is 2. The first-order valence-corrected chi connectivity index (χ1v) is 21.0. The van der Waals surface area contributed by atoms with Crippen molar-refractivity contribution in [2.24, 2.45) is 16.6 Å². The van der Waals surface area contributed by atoms with E-state index in [4.69, 9.17) is 15.5 Å². The number of Topliss-reactive ketones (excluding diaryl/α,β-unsaturated/α-hetero) is 1. The van der Waals surface area contributed by atoms with Crippen molar-refractivity contribution in [1.82, 2.24) is 14.5 Å². The van der Waals surface area contributed by atoms with E-state index in [2.05, 4.69) is 52.0 Å². The molecule has 1 spiro atoms. The van der Waals surface area contributed by atoms with Crippen LogP contribution in [0.1, 0.15) is 83.2 Å². The molecule has 244 valence electrons. The molecular formula is C34H52BrFN4O3Si. The molecule has 10 heteroatoms. The number of carbonyl (C=O) groups excluding carboxylic acids is 2. The second kappa shape index (κ2) is 14.7. The number of nitrogens with two attached hydrogens (primary N) is 1. The van der Waals surface area contributed by atoms with E-state index in [0.29, 0.717) is 35.7 Å². The van der Waals surface area contributed by atoms with Crippen molar-refractivity contribution >= 4 is 35.7 Å². The number of amides is 1. The predicted octanol–water partition coefficient (Wildman–Crippen LogP) is 7.75. The number of primary amides is 1. The molecule has 2 atom stereocenters. The molecule has 1 unspecified atom stereocenters. The van der Waals surface area contributed by atoms with E-state index < -0.39 is 13.5 Å². The summed E-state index contributed by atoms with van der Waals surface area (Å²) in [6, 6.07) is 7.42. The lowest BCUT2D eigenvalue weighted by atomic mass is 9.73. The Hall–Kier alpha value is -1.88. The molecule has 7 nitrogen and oxygen atoms in total. The van der Waals surface area contributed by atoms with Gasteiger partial charge < -0.3 is 19.9 Å². The van der Waals surface area contributed by atoms with Crippen LogP contribution in [0.25, 0.3) is 11.4 Å². The third kappa shape index (κ3) is 7.73. The van der Waals surface area contributed by atoms with Gasteiger partial charge in [-0.1, -0.05) is 46.3 Å². The van der Waals surface area contributed by atoms with Crippen molar-refractivity contribution in [3.63, 3.8) is 0 Å². The summed E-state index contributed by atoms with van der Waals surface area (Å²) in [5, 5.41) is 0. The van der Waals surface area contributed by atoms with Crippen molar-refractivity contribution in [3.05, 3.63) is 40.4 Å². The van der Waals surface area contributed by atoms with Crippen molar-refractivity contribution in [2.75, 3.05) is 26.2 Å². The standard InChI is InChI=1S/C34H52BrFN4O3Si/c1-6-27(41)11-9-8-10-12-28(34(32(37)42)23-33(34)17-19-39(7-2)20-18-33)29-30(35)38-31(25-13-15-26(36)16-14-25)40(29)24-43-21-22-44(3,4)5/h13-16,28H,6-12,17-24H2,1-5H3,(H2,37,42)/t28-,34?/m1/s1. The molecule has 2 fully saturated rings. The van der Waals surface area contributed by atoms with E-state index in [0.717, 1.165) is 81.9 Å². The average Bonchev–Trinajstić information content (AvgIpc) is 3.52. The normalized spacial score (nSPS) is 20.6. The number of piperidine rings is 1. The molecule has 1 aliphatic heterocycles. The second-order valence-electron chi connectivity index (χ2n) is 14.2. The molecule has 2 heterocycles. The number of carbonyl (C=O) groups is 2.